The van der Waals surface area contributed by atoms with Gasteiger partial charge in [0.2, 0.25) is 15.9 Å². The van der Waals surface area contributed by atoms with Crippen LogP contribution in [0.15, 0.2) is 36.4 Å². The molecule has 1 aliphatic rings. The maximum Gasteiger partial charge on any atom is 0.244 e. The van der Waals surface area contributed by atoms with E-state index in [9.17, 15) is 13.2 Å². The van der Waals surface area contributed by atoms with Gasteiger partial charge >= 0.3 is 0 Å². The molecular formula is C24H32N2O4S. The van der Waals surface area contributed by atoms with Crippen LogP contribution in [0.4, 0.5) is 5.69 Å². The molecule has 1 N–H and O–H groups in total. The summed E-state index contributed by atoms with van der Waals surface area (Å²) in [5.41, 5.74) is 4.05. The lowest BCUT2D eigenvalue weighted by Gasteiger charge is -2.39. The molecule has 0 spiro atoms. The second-order valence-electron chi connectivity index (χ2n) is 9.17. The zero-order valence-corrected chi connectivity index (χ0v) is 20.1. The summed E-state index contributed by atoms with van der Waals surface area (Å²) in [5.74, 6) is 0.396. The van der Waals surface area contributed by atoms with Crippen LogP contribution in [0.3, 0.4) is 0 Å². The van der Waals surface area contributed by atoms with E-state index in [1.54, 1.807) is 19.1 Å². The number of carbonyl (C=O) groups excluding carboxylic acids is 1. The van der Waals surface area contributed by atoms with Crippen molar-refractivity contribution < 1.29 is 17.9 Å². The highest BCUT2D eigenvalue weighted by Gasteiger charge is 2.37. The zero-order chi connectivity index (χ0) is 23.1. The molecule has 0 saturated carbocycles. The predicted molar refractivity (Wildman–Crippen MR) is 124 cm³/mol. The number of aryl methyl sites for hydroxylation is 3. The Morgan fingerprint density at radius 2 is 1.81 bits per heavy atom. The Morgan fingerprint density at radius 3 is 2.42 bits per heavy atom. The highest BCUT2D eigenvalue weighted by atomic mass is 32.2. The van der Waals surface area contributed by atoms with E-state index in [-0.39, 0.29) is 11.9 Å². The van der Waals surface area contributed by atoms with Crippen molar-refractivity contribution in [3.63, 3.8) is 0 Å². The fourth-order valence-electron chi connectivity index (χ4n) is 4.07. The number of nitrogens with one attached hydrogen (secondary N) is 1. The van der Waals surface area contributed by atoms with Crippen molar-refractivity contribution in [3.05, 3.63) is 58.7 Å². The molecule has 0 aromatic heterocycles. The maximum absolute atomic E-state index is 13.3. The van der Waals surface area contributed by atoms with Gasteiger partial charge in [0.15, 0.2) is 0 Å². The van der Waals surface area contributed by atoms with Gasteiger partial charge in [-0.15, -0.1) is 0 Å². The SMILES string of the molecule is Cc1ccc2c(c1)[C@H](NC(=O)[C@@H](C)N(c1ccc(C)c(C)c1)S(C)(=O)=O)CC(C)(C)O2. The van der Waals surface area contributed by atoms with Crippen LogP contribution in [0.1, 0.15) is 55.5 Å². The van der Waals surface area contributed by atoms with Gasteiger partial charge in [-0.05, 0) is 70.9 Å². The summed E-state index contributed by atoms with van der Waals surface area (Å²) in [6, 6.07) is 10.1. The van der Waals surface area contributed by atoms with Gasteiger partial charge in [-0.25, -0.2) is 8.42 Å². The average molecular weight is 445 g/mol. The number of ether oxygens (including phenoxy) is 1. The van der Waals surface area contributed by atoms with E-state index in [1.165, 1.54) is 4.31 Å². The summed E-state index contributed by atoms with van der Waals surface area (Å²) in [5, 5.41) is 3.08. The number of hydrogen-bond donors (Lipinski definition) is 1. The van der Waals surface area contributed by atoms with E-state index in [4.69, 9.17) is 4.74 Å². The third-order valence-corrected chi connectivity index (χ3v) is 7.01. The second kappa shape index (κ2) is 8.19. The number of amides is 1. The van der Waals surface area contributed by atoms with Gasteiger partial charge < -0.3 is 10.1 Å². The summed E-state index contributed by atoms with van der Waals surface area (Å²) in [7, 11) is -3.67. The first-order valence-corrected chi connectivity index (χ1v) is 12.3. The van der Waals surface area contributed by atoms with Crippen molar-refractivity contribution in [2.24, 2.45) is 0 Å². The molecule has 1 aliphatic heterocycles. The van der Waals surface area contributed by atoms with Crippen LogP contribution in [0, 0.1) is 20.8 Å². The van der Waals surface area contributed by atoms with Crippen LogP contribution < -0.4 is 14.4 Å². The van der Waals surface area contributed by atoms with Gasteiger partial charge in [-0.3, -0.25) is 9.10 Å². The van der Waals surface area contributed by atoms with Crippen LogP contribution >= 0.6 is 0 Å². The lowest BCUT2D eigenvalue weighted by atomic mass is 9.89. The standard InChI is InChI=1S/C24H32N2O4S/c1-15-8-11-22-20(12-15)21(14-24(5,6)30-22)25-23(27)18(4)26(31(7,28)29)19-10-9-16(2)17(3)13-19/h8-13,18,21H,14H2,1-7H3,(H,25,27)/t18-,21-/m1/s1. The summed E-state index contributed by atoms with van der Waals surface area (Å²) in [4.78, 5) is 13.3. The summed E-state index contributed by atoms with van der Waals surface area (Å²) in [6.45, 7) is 11.5. The normalized spacial score (nSPS) is 18.5. The lowest BCUT2D eigenvalue weighted by Crippen LogP contribution is -2.50. The molecule has 2 aromatic carbocycles. The summed E-state index contributed by atoms with van der Waals surface area (Å²) < 4.78 is 32.6. The molecule has 0 saturated heterocycles. The number of nitrogens with zero attached hydrogens (tertiary/aromatic N) is 1. The molecular weight excluding hydrogens is 412 g/mol. The van der Waals surface area contributed by atoms with Crippen LogP contribution in [0.2, 0.25) is 0 Å². The fourth-order valence-corrected chi connectivity index (χ4v) is 5.23. The molecule has 2 atom stereocenters. The number of carbonyl (C=O) groups is 1. The van der Waals surface area contributed by atoms with Crippen LogP contribution in [-0.4, -0.2) is 32.2 Å². The van der Waals surface area contributed by atoms with Crippen LogP contribution in [0.25, 0.3) is 0 Å². The van der Waals surface area contributed by atoms with Crippen molar-refractivity contribution in [3.8, 4) is 5.75 Å². The highest BCUT2D eigenvalue weighted by molar-refractivity contribution is 7.92. The Hall–Kier alpha value is -2.54. The largest absolute Gasteiger partial charge is 0.487 e. The molecule has 6 nitrogen and oxygen atoms in total. The van der Waals surface area contributed by atoms with Crippen molar-refractivity contribution in [2.45, 2.75) is 65.6 Å². The average Bonchev–Trinajstić information content (AvgIpc) is 2.63. The predicted octanol–water partition coefficient (Wildman–Crippen LogP) is 4.18. The number of fused-ring (bicyclic) bond motifs is 1. The van der Waals surface area contributed by atoms with Gasteiger partial charge in [0, 0.05) is 12.0 Å². The third kappa shape index (κ3) is 5.03. The molecule has 3 rings (SSSR count). The highest BCUT2D eigenvalue weighted by Crippen LogP contribution is 2.40. The van der Waals surface area contributed by atoms with Gasteiger partial charge in [-0.1, -0.05) is 23.8 Å². The van der Waals surface area contributed by atoms with E-state index in [2.05, 4.69) is 5.32 Å². The second-order valence-corrected chi connectivity index (χ2v) is 11.0. The molecule has 31 heavy (non-hydrogen) atoms. The molecule has 0 radical (unpaired) electrons. The van der Waals surface area contributed by atoms with Crippen molar-refractivity contribution >= 4 is 21.6 Å². The Kier molecular flexibility index (Phi) is 6.11. The van der Waals surface area contributed by atoms with E-state index in [0.29, 0.717) is 12.1 Å². The molecule has 0 aliphatic carbocycles. The first-order chi connectivity index (χ1) is 14.3. The molecule has 1 amide bonds. The maximum atomic E-state index is 13.3. The Morgan fingerprint density at radius 1 is 1.13 bits per heavy atom. The van der Waals surface area contributed by atoms with Gasteiger partial charge in [0.1, 0.15) is 17.4 Å². The van der Waals surface area contributed by atoms with Crippen LogP contribution in [0.5, 0.6) is 5.75 Å². The molecule has 2 aromatic rings. The van der Waals surface area contributed by atoms with E-state index >= 15 is 0 Å². The minimum Gasteiger partial charge on any atom is -0.487 e. The van der Waals surface area contributed by atoms with Gasteiger partial charge in [0.05, 0.1) is 18.0 Å². The third-order valence-electron chi connectivity index (χ3n) is 5.77. The fraction of sp³-hybridized carbons (Fsp3) is 0.458. The number of sulfonamides is 1. The summed E-state index contributed by atoms with van der Waals surface area (Å²) >= 11 is 0. The molecule has 0 bridgehead atoms. The monoisotopic (exact) mass is 444 g/mol. The first-order valence-electron chi connectivity index (χ1n) is 10.4. The smallest absolute Gasteiger partial charge is 0.244 e. The minimum absolute atomic E-state index is 0.269. The van der Waals surface area contributed by atoms with E-state index in [1.807, 2.05) is 58.9 Å². The molecule has 0 fully saturated rings. The number of benzene rings is 2. The number of hydrogen-bond acceptors (Lipinski definition) is 4. The molecule has 168 valence electrons. The van der Waals surface area contributed by atoms with Crippen LogP contribution in [-0.2, 0) is 14.8 Å². The van der Waals surface area contributed by atoms with Crippen molar-refractivity contribution in [2.75, 3.05) is 10.6 Å². The zero-order valence-electron chi connectivity index (χ0n) is 19.3. The number of anilines is 1. The van der Waals surface area contributed by atoms with E-state index < -0.39 is 21.7 Å². The molecule has 1 heterocycles. The first kappa shape index (κ1) is 23.1. The molecule has 0 unspecified atom stereocenters. The van der Waals surface area contributed by atoms with Gasteiger partial charge in [-0.2, -0.15) is 0 Å². The van der Waals surface area contributed by atoms with Crippen molar-refractivity contribution in [1.82, 2.24) is 5.32 Å². The minimum atomic E-state index is -3.67. The van der Waals surface area contributed by atoms with Crippen molar-refractivity contribution in [1.29, 1.82) is 0 Å². The quantitative estimate of drug-likeness (QED) is 0.750. The van der Waals surface area contributed by atoms with Gasteiger partial charge in [0.25, 0.3) is 0 Å². The molecule has 7 heteroatoms. The Balaban J connectivity index is 1.92. The summed E-state index contributed by atoms with van der Waals surface area (Å²) in [6.07, 6.45) is 1.71. The Bertz CT molecular complexity index is 1110. The topological polar surface area (TPSA) is 75.7 Å². The number of rotatable bonds is 5. The Labute approximate surface area is 185 Å². The van der Waals surface area contributed by atoms with E-state index in [0.717, 1.165) is 34.3 Å². The lowest BCUT2D eigenvalue weighted by molar-refractivity contribution is -0.123.